The van der Waals surface area contributed by atoms with E-state index in [1.54, 1.807) is 91.0 Å². The average molecular weight is 1020 g/mol. The highest BCUT2D eigenvalue weighted by atomic mass is 16.8. The molecule has 2 fully saturated rings. The molecule has 2 saturated heterocycles. The van der Waals surface area contributed by atoms with Gasteiger partial charge in [0.25, 0.3) is 0 Å². The Morgan fingerprint density at radius 3 is 1.21 bits per heavy atom. The van der Waals surface area contributed by atoms with E-state index < -0.39 is 79.3 Å². The molecule has 2 heterocycles. The number of hydrogen-bond donors (Lipinski definition) is 1. The zero-order chi connectivity index (χ0) is 51.6. The van der Waals surface area contributed by atoms with E-state index in [9.17, 15) is 19.5 Å². The van der Waals surface area contributed by atoms with E-state index in [0.717, 1.165) is 22.3 Å². The van der Waals surface area contributed by atoms with Gasteiger partial charge in [0.15, 0.2) is 24.8 Å². The number of carbonyl (C=O) groups excluding carboxylic acids is 3. The van der Waals surface area contributed by atoms with E-state index in [-0.39, 0.29) is 50.8 Å². The maximum atomic E-state index is 14.3. The molecule has 9 rings (SSSR count). The number of esters is 3. The maximum absolute atomic E-state index is 14.3. The molecule has 7 aromatic carbocycles. The number of rotatable bonds is 22. The fourth-order valence-corrected chi connectivity index (χ4v) is 8.81. The van der Waals surface area contributed by atoms with Crippen LogP contribution < -0.4 is 0 Å². The molecule has 0 amide bonds. The predicted molar refractivity (Wildman–Crippen MR) is 274 cm³/mol. The van der Waals surface area contributed by atoms with Gasteiger partial charge in [-0.1, -0.05) is 176 Å². The highest BCUT2D eigenvalue weighted by Crippen LogP contribution is 2.36. The van der Waals surface area contributed by atoms with Gasteiger partial charge in [-0.15, -0.1) is 0 Å². The topological polar surface area (TPSA) is 164 Å². The molecule has 0 radical (unpaired) electrons. The molecule has 0 spiro atoms. The van der Waals surface area contributed by atoms with Crippen molar-refractivity contribution in [2.45, 2.75) is 87.8 Å². The molecule has 386 valence electrons. The first-order valence-corrected chi connectivity index (χ1v) is 24.8. The van der Waals surface area contributed by atoms with Crippen LogP contribution in [0.25, 0.3) is 0 Å². The van der Waals surface area contributed by atoms with E-state index in [0.29, 0.717) is 5.56 Å². The molecule has 0 aliphatic carbocycles. The van der Waals surface area contributed by atoms with Crippen molar-refractivity contribution in [3.63, 3.8) is 0 Å². The van der Waals surface area contributed by atoms with Gasteiger partial charge in [-0.05, 0) is 58.7 Å². The van der Waals surface area contributed by atoms with Crippen LogP contribution in [0.3, 0.4) is 0 Å². The van der Waals surface area contributed by atoms with Crippen LogP contribution in [0.4, 0.5) is 0 Å². The smallest absolute Gasteiger partial charge is 0.338 e. The van der Waals surface area contributed by atoms with Crippen molar-refractivity contribution < 1.29 is 66.9 Å². The van der Waals surface area contributed by atoms with Crippen LogP contribution in [0, 0.1) is 0 Å². The molecule has 14 heteroatoms. The molecule has 7 aromatic rings. The van der Waals surface area contributed by atoms with Gasteiger partial charge in [-0.2, -0.15) is 0 Å². The lowest BCUT2D eigenvalue weighted by Crippen LogP contribution is -2.66. The molecule has 0 aromatic heterocycles. The Kier molecular flexibility index (Phi) is 18.7. The number of hydrogen-bond acceptors (Lipinski definition) is 14. The third-order valence-corrected chi connectivity index (χ3v) is 12.6. The van der Waals surface area contributed by atoms with Gasteiger partial charge in [0.2, 0.25) is 0 Å². The summed E-state index contributed by atoms with van der Waals surface area (Å²) in [5, 5.41) is 11.9. The van der Waals surface area contributed by atoms with Crippen molar-refractivity contribution >= 4 is 17.9 Å². The van der Waals surface area contributed by atoms with Crippen molar-refractivity contribution in [2.24, 2.45) is 0 Å². The lowest BCUT2D eigenvalue weighted by Gasteiger charge is -2.49. The van der Waals surface area contributed by atoms with E-state index >= 15 is 0 Å². The molecule has 2 aliphatic heterocycles. The van der Waals surface area contributed by atoms with Crippen molar-refractivity contribution in [1.82, 2.24) is 0 Å². The van der Waals surface area contributed by atoms with Crippen LogP contribution in [-0.4, -0.2) is 97.6 Å². The Morgan fingerprint density at radius 1 is 0.373 bits per heavy atom. The van der Waals surface area contributed by atoms with Crippen LogP contribution >= 0.6 is 0 Å². The Balaban J connectivity index is 1.13. The third-order valence-electron chi connectivity index (χ3n) is 12.6. The van der Waals surface area contributed by atoms with Gasteiger partial charge in [-0.25, -0.2) is 14.4 Å². The second kappa shape index (κ2) is 26.7. The number of aliphatic hydroxyl groups excluding tert-OH is 1. The minimum Gasteiger partial charge on any atom is -0.459 e. The third kappa shape index (κ3) is 14.5. The monoisotopic (exact) mass is 1010 g/mol. The van der Waals surface area contributed by atoms with Crippen molar-refractivity contribution in [2.75, 3.05) is 13.2 Å². The second-order valence-electron chi connectivity index (χ2n) is 17.9. The molecule has 0 unspecified atom stereocenters. The van der Waals surface area contributed by atoms with E-state index in [1.807, 2.05) is 121 Å². The maximum Gasteiger partial charge on any atom is 0.338 e. The molecule has 2 aliphatic rings. The lowest BCUT2D eigenvalue weighted by atomic mass is 9.95. The average Bonchev–Trinajstić information content (AvgIpc) is 3.46. The van der Waals surface area contributed by atoms with Gasteiger partial charge < -0.3 is 52.5 Å². The zero-order valence-corrected chi connectivity index (χ0v) is 41.0. The minimum absolute atomic E-state index is 0.0478. The van der Waals surface area contributed by atoms with Crippen LogP contribution in [0.1, 0.15) is 53.3 Å². The first-order valence-electron chi connectivity index (χ1n) is 24.8. The van der Waals surface area contributed by atoms with Crippen molar-refractivity contribution in [1.29, 1.82) is 0 Å². The molecule has 1 N–H and O–H groups in total. The van der Waals surface area contributed by atoms with Gasteiger partial charge in [-0.3, -0.25) is 0 Å². The fourth-order valence-electron chi connectivity index (χ4n) is 8.81. The number of carbonyl (C=O) groups is 3. The van der Waals surface area contributed by atoms with Gasteiger partial charge >= 0.3 is 17.9 Å². The highest BCUT2D eigenvalue weighted by molar-refractivity contribution is 5.90. The Labute approximate surface area is 435 Å². The molecule has 0 bridgehead atoms. The zero-order valence-electron chi connectivity index (χ0n) is 41.0. The first-order chi connectivity index (χ1) is 36.9. The summed E-state index contributed by atoms with van der Waals surface area (Å²) in [6, 6.07) is 63.1. The lowest BCUT2D eigenvalue weighted by molar-refractivity contribution is -0.366. The quantitative estimate of drug-likeness (QED) is 0.0505. The predicted octanol–water partition coefficient (Wildman–Crippen LogP) is 9.09. The van der Waals surface area contributed by atoms with Gasteiger partial charge in [0, 0.05) is 0 Å². The summed E-state index contributed by atoms with van der Waals surface area (Å²) in [6.07, 6.45) is -13.4. The van der Waals surface area contributed by atoms with Crippen LogP contribution in [0.2, 0.25) is 0 Å². The standard InChI is InChI=1S/C61H58O14/c62-57(46-30-16-5-17-31-46)70-41-50-51(67-37-43-24-10-2-11-25-43)53(68-38-44-26-12-3-13-27-44)56(69-39-45-28-14-4-15-29-45)61(72-50)75-52-49(40-66-36-42-22-8-1-9-23-42)71-60(65)55(74-59(64)48-34-20-7-21-35-48)54(52)73-58(63)47-32-18-6-19-33-47/h1-35,49-56,60-61,65H,36-41H2/t49-,50-,51-,52+,53+,54+,55-,56+,60+,61-/m1/s1. The molecule has 14 nitrogen and oxygen atoms in total. The Morgan fingerprint density at radius 2 is 0.747 bits per heavy atom. The molecular weight excluding hydrogens is 957 g/mol. The van der Waals surface area contributed by atoms with Crippen LogP contribution in [0.15, 0.2) is 212 Å². The van der Waals surface area contributed by atoms with Crippen molar-refractivity contribution in [3.05, 3.63) is 251 Å². The van der Waals surface area contributed by atoms with Gasteiger partial charge in [0.1, 0.15) is 43.2 Å². The molecule has 75 heavy (non-hydrogen) atoms. The number of ether oxygens (including phenoxy) is 10. The van der Waals surface area contributed by atoms with E-state index in [4.69, 9.17) is 47.4 Å². The van der Waals surface area contributed by atoms with Gasteiger partial charge in [0.05, 0.1) is 49.7 Å². The Bertz CT molecular complexity index is 2810. The summed E-state index contributed by atoms with van der Waals surface area (Å²) < 4.78 is 65.8. The SMILES string of the molecule is O=C(OC[C@H]1O[C@H](O[C@@H]2[C@H](OC(=O)c3ccccc3)[C@@H](OC(=O)c3ccccc3)[C@@H](O)O[C@@H]2COCc2ccccc2)[C@@H](OCc2ccccc2)[C@@H](OCc2ccccc2)[C@@H]1OCc1ccccc1)c1ccccc1. The van der Waals surface area contributed by atoms with Crippen molar-refractivity contribution in [3.8, 4) is 0 Å². The summed E-state index contributed by atoms with van der Waals surface area (Å²) in [7, 11) is 0. The molecule has 10 atom stereocenters. The van der Waals surface area contributed by atoms with E-state index in [2.05, 4.69) is 0 Å². The van der Waals surface area contributed by atoms with Crippen LogP contribution in [0.5, 0.6) is 0 Å². The Hall–Kier alpha value is -7.37. The molecule has 0 saturated carbocycles. The second-order valence-corrected chi connectivity index (χ2v) is 17.9. The van der Waals surface area contributed by atoms with E-state index in [1.165, 1.54) is 0 Å². The van der Waals surface area contributed by atoms with Crippen LogP contribution in [-0.2, 0) is 73.8 Å². The normalized spacial score (nSPS) is 23.4. The fraction of sp³-hybridized carbons (Fsp3) is 0.262. The summed E-state index contributed by atoms with van der Waals surface area (Å²) in [5.74, 6) is -2.24. The number of benzene rings is 7. The summed E-state index contributed by atoms with van der Waals surface area (Å²) in [4.78, 5) is 41.9. The largest absolute Gasteiger partial charge is 0.459 e. The summed E-state index contributed by atoms with van der Waals surface area (Å²) >= 11 is 0. The first kappa shape index (κ1) is 52.5. The minimum atomic E-state index is -1.85. The summed E-state index contributed by atoms with van der Waals surface area (Å²) in [5.41, 5.74) is 4.03. The number of aliphatic hydroxyl groups is 1. The highest BCUT2D eigenvalue weighted by Gasteiger charge is 2.56. The molecular formula is C61H58O14. The summed E-state index contributed by atoms with van der Waals surface area (Å²) in [6.45, 7) is -0.163.